The van der Waals surface area contributed by atoms with Crippen molar-refractivity contribution in [2.45, 2.75) is 0 Å². The molecule has 0 aliphatic carbocycles. The lowest BCUT2D eigenvalue weighted by Gasteiger charge is -2.26. The van der Waals surface area contributed by atoms with Crippen LogP contribution >= 0.6 is 0 Å². The highest BCUT2D eigenvalue weighted by atomic mass is 19.1. The van der Waals surface area contributed by atoms with Crippen LogP contribution in [0.5, 0.6) is 0 Å². The number of rotatable bonds is 8. The zero-order chi connectivity index (χ0) is 48.5. The Balaban J connectivity index is 1.15. The van der Waals surface area contributed by atoms with Crippen LogP contribution in [0, 0.1) is 23.3 Å². The van der Waals surface area contributed by atoms with Crippen LogP contribution in [0.4, 0.5) is 51.7 Å². The first-order valence-corrected chi connectivity index (χ1v) is 23.8. The number of hydrogen-bond donors (Lipinski definition) is 0. The molecule has 2 nitrogen and oxygen atoms in total. The zero-order valence-electron chi connectivity index (χ0n) is 38.5. The van der Waals surface area contributed by atoms with Gasteiger partial charge in [0.15, 0.2) is 0 Å². The van der Waals surface area contributed by atoms with Crippen LogP contribution in [0.15, 0.2) is 243 Å². The normalized spacial score (nSPS) is 11.6. The molecule has 6 heteroatoms. The predicted molar refractivity (Wildman–Crippen MR) is 292 cm³/mol. The fourth-order valence-electron chi connectivity index (χ4n) is 10.8. The number of halogens is 4. The molecule has 0 atom stereocenters. The van der Waals surface area contributed by atoms with Gasteiger partial charge in [-0.15, -0.1) is 0 Å². The molecule has 0 fully saturated rings. The summed E-state index contributed by atoms with van der Waals surface area (Å²) in [6.45, 7) is 0. The second-order valence-electron chi connectivity index (χ2n) is 18.1. The molecular formula is C66H40F4N2. The van der Waals surface area contributed by atoms with Crippen molar-refractivity contribution in [3.05, 3.63) is 266 Å². The summed E-state index contributed by atoms with van der Waals surface area (Å²) in [5.41, 5.74) is 6.41. The average Bonchev–Trinajstić information content (AvgIpc) is 3.42. The third-order valence-corrected chi connectivity index (χ3v) is 14.0. The zero-order valence-corrected chi connectivity index (χ0v) is 38.5. The molecule has 13 aromatic carbocycles. The third kappa shape index (κ3) is 7.10. The summed E-state index contributed by atoms with van der Waals surface area (Å²) in [7, 11) is 0. The van der Waals surface area contributed by atoms with Gasteiger partial charge in [-0.1, -0.05) is 121 Å². The van der Waals surface area contributed by atoms with Gasteiger partial charge in [0, 0.05) is 34.1 Å². The van der Waals surface area contributed by atoms with Crippen molar-refractivity contribution in [2.75, 3.05) is 9.80 Å². The Morgan fingerprint density at radius 2 is 0.458 bits per heavy atom. The highest BCUT2D eigenvalue weighted by Crippen LogP contribution is 2.47. The van der Waals surface area contributed by atoms with Crippen molar-refractivity contribution >= 4 is 98.8 Å². The minimum atomic E-state index is -0.649. The maximum absolute atomic E-state index is 15.7. The van der Waals surface area contributed by atoms with Gasteiger partial charge in [0.1, 0.15) is 23.3 Å². The van der Waals surface area contributed by atoms with Crippen LogP contribution in [0.1, 0.15) is 0 Å². The monoisotopic (exact) mass is 936 g/mol. The highest BCUT2D eigenvalue weighted by molar-refractivity contribution is 6.33. The summed E-state index contributed by atoms with van der Waals surface area (Å²) in [6, 6.07) is 77.4. The first kappa shape index (κ1) is 42.8. The van der Waals surface area contributed by atoms with E-state index in [1.54, 1.807) is 12.1 Å². The quantitative estimate of drug-likeness (QED) is 0.0851. The fourth-order valence-corrected chi connectivity index (χ4v) is 10.8. The second-order valence-corrected chi connectivity index (χ2v) is 18.1. The summed E-state index contributed by atoms with van der Waals surface area (Å²) < 4.78 is 62.9. The van der Waals surface area contributed by atoms with Crippen molar-refractivity contribution in [1.82, 2.24) is 0 Å². The van der Waals surface area contributed by atoms with E-state index in [2.05, 4.69) is 107 Å². The number of anilines is 6. The molecule has 0 N–H and O–H groups in total. The smallest absolute Gasteiger partial charge is 0.133 e. The molecule has 0 saturated carbocycles. The van der Waals surface area contributed by atoms with Gasteiger partial charge in [0.2, 0.25) is 0 Å². The largest absolute Gasteiger partial charge is 0.310 e. The third-order valence-electron chi connectivity index (χ3n) is 14.0. The minimum absolute atomic E-state index is 0.0974. The van der Waals surface area contributed by atoms with Crippen LogP contribution < -0.4 is 9.80 Å². The molecule has 0 heterocycles. The van der Waals surface area contributed by atoms with Crippen molar-refractivity contribution in [1.29, 1.82) is 0 Å². The van der Waals surface area contributed by atoms with Gasteiger partial charge in [-0.2, -0.15) is 0 Å². The molecule has 0 saturated heterocycles. The molecule has 0 unspecified atom stereocenters. The van der Waals surface area contributed by atoms with Gasteiger partial charge in [0.05, 0.1) is 11.1 Å². The highest BCUT2D eigenvalue weighted by Gasteiger charge is 2.22. The number of nitrogens with zero attached hydrogens (tertiary/aromatic N) is 2. The fraction of sp³-hybridized carbons (Fsp3) is 0. The number of fused-ring (bicyclic) bond motifs is 12. The van der Waals surface area contributed by atoms with Gasteiger partial charge in [-0.25, -0.2) is 17.6 Å². The van der Waals surface area contributed by atoms with E-state index in [1.807, 2.05) is 97.1 Å². The molecule has 0 bridgehead atoms. The Kier molecular flexibility index (Phi) is 10.3. The average molecular weight is 937 g/mol. The number of hydrogen-bond acceptors (Lipinski definition) is 2. The molecular weight excluding hydrogens is 897 g/mol. The topological polar surface area (TPSA) is 6.48 Å². The van der Waals surface area contributed by atoms with Gasteiger partial charge >= 0.3 is 0 Å². The molecule has 72 heavy (non-hydrogen) atoms. The summed E-state index contributed by atoms with van der Waals surface area (Å²) in [4.78, 5) is 4.43. The molecule has 0 aliphatic heterocycles. The first-order chi connectivity index (χ1) is 35.4. The molecule has 13 rings (SSSR count). The summed E-state index contributed by atoms with van der Waals surface area (Å²) in [5, 5.41) is 10.9. The van der Waals surface area contributed by atoms with Gasteiger partial charge in [0.25, 0.3) is 0 Å². The predicted octanol–water partition coefficient (Wildman–Crippen LogP) is 19.4. The van der Waals surface area contributed by atoms with E-state index in [1.165, 1.54) is 36.4 Å². The van der Waals surface area contributed by atoms with Crippen molar-refractivity contribution < 1.29 is 17.6 Å². The van der Waals surface area contributed by atoms with E-state index in [9.17, 15) is 0 Å². The molecule has 13 aromatic rings. The van der Waals surface area contributed by atoms with E-state index in [0.29, 0.717) is 11.1 Å². The Morgan fingerprint density at radius 3 is 0.778 bits per heavy atom. The van der Waals surface area contributed by atoms with E-state index in [4.69, 9.17) is 0 Å². The molecule has 342 valence electrons. The van der Waals surface area contributed by atoms with E-state index < -0.39 is 23.3 Å². The summed E-state index contributed by atoms with van der Waals surface area (Å²) in [6.07, 6.45) is 0. The van der Waals surface area contributed by atoms with Crippen molar-refractivity contribution in [3.63, 3.8) is 0 Å². The van der Waals surface area contributed by atoms with Gasteiger partial charge < -0.3 is 9.80 Å². The van der Waals surface area contributed by atoms with E-state index >= 15 is 17.6 Å². The molecule has 0 aromatic heterocycles. The molecule has 0 amide bonds. The maximum atomic E-state index is 15.7. The Labute approximate surface area is 412 Å². The van der Waals surface area contributed by atoms with Crippen molar-refractivity contribution in [3.8, 4) is 22.3 Å². The summed E-state index contributed by atoms with van der Waals surface area (Å²) >= 11 is 0. The second kappa shape index (κ2) is 17.3. The van der Waals surface area contributed by atoms with Crippen LogP contribution in [0.3, 0.4) is 0 Å². The Bertz CT molecular complexity index is 3860. The molecule has 0 aliphatic rings. The van der Waals surface area contributed by atoms with Crippen LogP contribution in [0.2, 0.25) is 0 Å². The SMILES string of the molecule is Fc1cccc(F)c1-c1ccc2c(c1)c1cc3c4ccc(N(c5ccccc5)c5ccccc5)cc4c4ccc(-c5c(F)cccc5F)cc4c3cc1c1ccc(N(c3ccccc3)c3ccccc3)cc21. The van der Waals surface area contributed by atoms with Crippen LogP contribution in [-0.4, -0.2) is 0 Å². The van der Waals surface area contributed by atoms with Gasteiger partial charge in [-0.3, -0.25) is 0 Å². The minimum Gasteiger partial charge on any atom is -0.310 e. The lowest BCUT2D eigenvalue weighted by Crippen LogP contribution is -2.09. The molecule has 0 radical (unpaired) electrons. The van der Waals surface area contributed by atoms with E-state index in [-0.39, 0.29) is 11.1 Å². The van der Waals surface area contributed by atoms with Crippen molar-refractivity contribution in [2.24, 2.45) is 0 Å². The van der Waals surface area contributed by atoms with E-state index in [0.717, 1.165) is 98.8 Å². The number of para-hydroxylation sites is 4. The molecule has 0 spiro atoms. The summed E-state index contributed by atoms with van der Waals surface area (Å²) in [5.74, 6) is -2.60. The lowest BCUT2D eigenvalue weighted by molar-refractivity contribution is 0.589. The first-order valence-electron chi connectivity index (χ1n) is 23.8. The number of benzene rings is 13. The standard InChI is InChI=1S/C66H40F4N2/c67-61-23-13-24-62(68)65(61)41-27-31-49-53(35-41)59-40-58-52-34-30-48(72(45-19-9-3-10-20-45)46-21-11-4-12-22-46)38-56(52)50-32-28-42(66-63(69)25-14-26-64(66)70)36-54(50)60(58)39-57(59)51-33-29-47(37-55(49)51)71(43-15-5-1-6-16-43)44-17-7-2-8-18-44/h1-40H. The maximum Gasteiger partial charge on any atom is 0.133 e. The lowest BCUT2D eigenvalue weighted by atomic mass is 9.86. The van der Waals surface area contributed by atoms with Gasteiger partial charge in [-0.05, 0) is 197 Å². The van der Waals surface area contributed by atoms with Crippen LogP contribution in [0.25, 0.3) is 86.9 Å². The Hall–Kier alpha value is -9.26. The van der Waals surface area contributed by atoms with Crippen LogP contribution in [-0.2, 0) is 0 Å². The Morgan fingerprint density at radius 1 is 0.194 bits per heavy atom.